The van der Waals surface area contributed by atoms with Crippen LogP contribution >= 0.6 is 22.9 Å². The SMILES string of the molecule is CN1CCN(S(=O)(=O)c2cc(N)c(Cl)s2)CC1.O=C(O)c1cnn2c(C(F)F)cc(-c3ccc(C(F)(F)F)cc3)nc12. The van der Waals surface area contributed by atoms with Crippen molar-refractivity contribution in [1.29, 1.82) is 0 Å². The molecular weight excluding hydrogens is 631 g/mol. The van der Waals surface area contributed by atoms with Crippen LogP contribution in [0.4, 0.5) is 27.6 Å². The van der Waals surface area contributed by atoms with Gasteiger partial charge in [0.1, 0.15) is 19.8 Å². The molecule has 0 aliphatic carbocycles. The normalized spacial score (nSPS) is 15.1. The minimum absolute atomic E-state index is 0.0838. The van der Waals surface area contributed by atoms with Crippen molar-refractivity contribution in [2.75, 3.05) is 39.0 Å². The number of sulfonamides is 1. The number of piperazine rings is 1. The highest BCUT2D eigenvalue weighted by molar-refractivity contribution is 7.91. The molecule has 0 bridgehead atoms. The first-order valence-corrected chi connectivity index (χ1v) is 14.5. The summed E-state index contributed by atoms with van der Waals surface area (Å²) in [5.41, 5.74) is 3.72. The largest absolute Gasteiger partial charge is 0.477 e. The summed E-state index contributed by atoms with van der Waals surface area (Å²) in [6, 6.07) is 6.12. The van der Waals surface area contributed by atoms with Gasteiger partial charge in [-0.15, -0.1) is 11.3 Å². The van der Waals surface area contributed by atoms with Crippen molar-refractivity contribution >= 4 is 50.3 Å². The summed E-state index contributed by atoms with van der Waals surface area (Å²) in [5, 5.41) is 12.7. The maximum atomic E-state index is 13.2. The lowest BCUT2D eigenvalue weighted by atomic mass is 10.1. The van der Waals surface area contributed by atoms with Gasteiger partial charge in [-0.3, -0.25) is 0 Å². The molecule has 1 saturated heterocycles. The number of nitrogen functional groups attached to an aromatic ring is 1. The van der Waals surface area contributed by atoms with E-state index in [0.29, 0.717) is 27.6 Å². The minimum atomic E-state index is -4.54. The Morgan fingerprint density at radius 1 is 1.12 bits per heavy atom. The molecular formula is C24H22ClF5N6O4S2. The van der Waals surface area contributed by atoms with E-state index in [2.05, 4.69) is 15.0 Å². The second-order valence-corrected chi connectivity index (χ2v) is 12.9. The number of hydrogen-bond donors (Lipinski definition) is 2. The number of nitrogens with two attached hydrogens (primary N) is 1. The number of carboxylic acids is 1. The minimum Gasteiger partial charge on any atom is -0.477 e. The lowest BCUT2D eigenvalue weighted by molar-refractivity contribution is -0.137. The summed E-state index contributed by atoms with van der Waals surface area (Å²) in [6.07, 6.45) is -6.64. The highest BCUT2D eigenvalue weighted by atomic mass is 35.5. The first-order chi connectivity index (χ1) is 19.6. The summed E-state index contributed by atoms with van der Waals surface area (Å²) < 4.78 is 91.6. The van der Waals surface area contributed by atoms with E-state index in [1.54, 1.807) is 0 Å². The van der Waals surface area contributed by atoms with Crippen LogP contribution in [-0.2, 0) is 16.2 Å². The van der Waals surface area contributed by atoms with Crippen LogP contribution in [0.3, 0.4) is 0 Å². The van der Waals surface area contributed by atoms with E-state index in [1.807, 2.05) is 7.05 Å². The maximum absolute atomic E-state index is 13.2. The first kappa shape index (κ1) is 31.6. The third kappa shape index (κ3) is 6.64. The van der Waals surface area contributed by atoms with Crippen LogP contribution in [0.1, 0.15) is 28.0 Å². The van der Waals surface area contributed by atoms with Crippen LogP contribution in [-0.4, -0.2) is 76.5 Å². The standard InChI is InChI=1S/C15H8F5N3O2.C9H14ClN3O2S2/c16-12(17)11-5-10(7-1-3-8(4-2-7)15(18,19)20)22-13-9(14(24)25)6-21-23(11)13;1-12-2-4-13(5-3-12)17(14,15)8-6-7(11)9(10)16-8/h1-6,12H,(H,24,25);6H,2-5,11H2,1H3. The summed E-state index contributed by atoms with van der Waals surface area (Å²) >= 11 is 6.81. The van der Waals surface area contributed by atoms with Crippen molar-refractivity contribution in [3.8, 4) is 11.3 Å². The molecule has 42 heavy (non-hydrogen) atoms. The number of alkyl halides is 5. The topological polar surface area (TPSA) is 134 Å². The van der Waals surface area contributed by atoms with Crippen LogP contribution in [0.5, 0.6) is 0 Å². The highest BCUT2D eigenvalue weighted by Crippen LogP contribution is 2.35. The Balaban J connectivity index is 0.000000208. The highest BCUT2D eigenvalue weighted by Gasteiger charge is 2.31. The Labute approximate surface area is 244 Å². The Hall–Kier alpha value is -3.38. The van der Waals surface area contributed by atoms with Gasteiger partial charge in [-0.25, -0.2) is 31.5 Å². The number of aromatic carboxylic acids is 1. The zero-order valence-electron chi connectivity index (χ0n) is 21.5. The number of halogens is 6. The van der Waals surface area contributed by atoms with Crippen LogP contribution in [0.15, 0.2) is 46.8 Å². The van der Waals surface area contributed by atoms with E-state index in [9.17, 15) is 35.2 Å². The quantitative estimate of drug-likeness (QED) is 0.289. The smallest absolute Gasteiger partial charge is 0.416 e. The Morgan fingerprint density at radius 3 is 2.24 bits per heavy atom. The van der Waals surface area contributed by atoms with Gasteiger partial charge in [-0.1, -0.05) is 23.7 Å². The van der Waals surface area contributed by atoms with Crippen LogP contribution in [0.25, 0.3) is 16.9 Å². The number of nitrogens with zero attached hydrogens (tertiary/aromatic N) is 5. The van der Waals surface area contributed by atoms with Gasteiger partial charge in [-0.05, 0) is 31.3 Å². The second kappa shape index (κ2) is 12.1. The average molecular weight is 653 g/mol. The van der Waals surface area contributed by atoms with Crippen molar-refractivity contribution in [2.24, 2.45) is 0 Å². The van der Waals surface area contributed by atoms with Crippen LogP contribution in [0.2, 0.25) is 4.34 Å². The van der Waals surface area contributed by atoms with Crippen molar-refractivity contribution in [1.82, 2.24) is 23.8 Å². The molecule has 0 atom stereocenters. The molecule has 18 heteroatoms. The Morgan fingerprint density at radius 2 is 1.74 bits per heavy atom. The summed E-state index contributed by atoms with van der Waals surface area (Å²) in [5.74, 6) is -1.41. The van der Waals surface area contributed by atoms with Gasteiger partial charge in [0.25, 0.3) is 16.4 Å². The fraction of sp³-hybridized carbons (Fsp3) is 0.292. The molecule has 4 aromatic rings. The number of aromatic nitrogens is 3. The molecule has 1 aromatic carbocycles. The van der Waals surface area contributed by atoms with E-state index < -0.39 is 45.4 Å². The van der Waals surface area contributed by atoms with Gasteiger partial charge >= 0.3 is 12.1 Å². The van der Waals surface area contributed by atoms with E-state index in [0.717, 1.165) is 61.0 Å². The number of hydrogen-bond acceptors (Lipinski definition) is 8. The van der Waals surface area contributed by atoms with Crippen molar-refractivity contribution in [2.45, 2.75) is 16.8 Å². The third-order valence-electron chi connectivity index (χ3n) is 6.21. The molecule has 3 N–H and O–H groups in total. The number of thiophene rings is 1. The van der Waals surface area contributed by atoms with E-state index in [1.165, 1.54) is 10.4 Å². The van der Waals surface area contributed by atoms with Gasteiger partial charge < -0.3 is 15.7 Å². The lowest BCUT2D eigenvalue weighted by Gasteiger charge is -2.31. The van der Waals surface area contributed by atoms with Crippen molar-refractivity contribution in [3.05, 3.63) is 63.8 Å². The maximum Gasteiger partial charge on any atom is 0.416 e. The van der Waals surface area contributed by atoms with Gasteiger partial charge in [0.05, 0.1) is 23.1 Å². The molecule has 10 nitrogen and oxygen atoms in total. The first-order valence-electron chi connectivity index (χ1n) is 11.9. The molecule has 0 spiro atoms. The van der Waals surface area contributed by atoms with Crippen LogP contribution < -0.4 is 5.73 Å². The van der Waals surface area contributed by atoms with Crippen LogP contribution in [0, 0.1) is 0 Å². The van der Waals surface area contributed by atoms with E-state index in [4.69, 9.17) is 22.4 Å². The zero-order valence-corrected chi connectivity index (χ0v) is 23.9. The molecule has 1 aliphatic heterocycles. The monoisotopic (exact) mass is 652 g/mol. The third-order valence-corrected chi connectivity index (χ3v) is 9.95. The lowest BCUT2D eigenvalue weighted by Crippen LogP contribution is -2.46. The Bertz CT molecular complexity index is 1680. The molecule has 1 fully saturated rings. The molecule has 1 aliphatic rings. The van der Waals surface area contributed by atoms with Crippen molar-refractivity contribution < 1.29 is 40.3 Å². The number of anilines is 1. The number of rotatable bonds is 5. The molecule has 3 aromatic heterocycles. The predicted molar refractivity (Wildman–Crippen MR) is 145 cm³/mol. The second-order valence-electron chi connectivity index (χ2n) is 9.04. The molecule has 226 valence electrons. The average Bonchev–Trinajstić information content (AvgIpc) is 3.51. The van der Waals surface area contributed by atoms with E-state index >= 15 is 0 Å². The summed E-state index contributed by atoms with van der Waals surface area (Å²) in [4.78, 5) is 17.2. The number of carboxylic acid groups (broad SMARTS) is 1. The van der Waals surface area contributed by atoms with Gasteiger partial charge in [0.2, 0.25) is 0 Å². The molecule has 0 saturated carbocycles. The van der Waals surface area contributed by atoms with Gasteiger partial charge in [0, 0.05) is 31.7 Å². The van der Waals surface area contributed by atoms with E-state index in [-0.39, 0.29) is 21.1 Å². The number of benzene rings is 1. The van der Waals surface area contributed by atoms with Crippen molar-refractivity contribution in [3.63, 3.8) is 0 Å². The fourth-order valence-corrected chi connectivity index (χ4v) is 7.06. The molecule has 0 unspecified atom stereocenters. The fourth-order valence-electron chi connectivity index (χ4n) is 3.91. The number of fused-ring (bicyclic) bond motifs is 1. The molecule has 5 rings (SSSR count). The van der Waals surface area contributed by atoms with Gasteiger partial charge in [0.15, 0.2) is 5.65 Å². The molecule has 4 heterocycles. The number of carbonyl (C=O) groups is 1. The predicted octanol–water partition coefficient (Wildman–Crippen LogP) is 4.97. The Kier molecular flexibility index (Phi) is 9.08. The molecule has 0 radical (unpaired) electrons. The van der Waals surface area contributed by atoms with Gasteiger partial charge in [-0.2, -0.15) is 22.6 Å². The molecule has 0 amide bonds. The zero-order chi connectivity index (χ0) is 31.0. The number of likely N-dealkylation sites (N-methyl/N-ethyl adjacent to an activating group) is 1. The summed E-state index contributed by atoms with van der Waals surface area (Å²) in [6.45, 7) is 2.50. The summed E-state index contributed by atoms with van der Waals surface area (Å²) in [7, 11) is -1.45.